The summed E-state index contributed by atoms with van der Waals surface area (Å²) in [5.74, 6) is 0. The molecule has 2 heterocycles. The van der Waals surface area contributed by atoms with Gasteiger partial charge in [0, 0.05) is 23.5 Å². The van der Waals surface area contributed by atoms with Crippen LogP contribution in [0.4, 0.5) is 0 Å². The second-order valence-electron chi connectivity index (χ2n) is 12.6. The fraction of sp³-hybridized carbons (Fsp3) is 0. The van der Waals surface area contributed by atoms with E-state index in [9.17, 15) is 0 Å². The molecule has 10 aromatic rings. The van der Waals surface area contributed by atoms with Crippen LogP contribution in [0.2, 0.25) is 0 Å². The number of hydrogen-bond donors (Lipinski definition) is 0. The van der Waals surface area contributed by atoms with Gasteiger partial charge in [-0.2, -0.15) is 0 Å². The SMILES string of the molecule is c1cc(-c2ccc(-c3ccc(-c4cccc5cc6ccc7ccccc7c6cc45)cn3)nc2)c2cc3ccc4ccccc4c3cc2c1. The summed E-state index contributed by atoms with van der Waals surface area (Å²) in [5, 5.41) is 15.1. The lowest BCUT2D eigenvalue weighted by Gasteiger charge is -2.12. The predicted octanol–water partition coefficient (Wildman–Crippen LogP) is 12.4. The van der Waals surface area contributed by atoms with Crippen molar-refractivity contribution >= 4 is 64.6 Å². The molecule has 0 saturated carbocycles. The summed E-state index contributed by atoms with van der Waals surface area (Å²) in [5.41, 5.74) is 6.27. The van der Waals surface area contributed by atoms with E-state index in [-0.39, 0.29) is 0 Å². The van der Waals surface area contributed by atoms with Crippen LogP contribution >= 0.6 is 0 Å². The normalized spacial score (nSPS) is 11.8. The highest BCUT2D eigenvalue weighted by atomic mass is 14.8. The van der Waals surface area contributed by atoms with Gasteiger partial charge >= 0.3 is 0 Å². The minimum absolute atomic E-state index is 0.859. The Kier molecular flexibility index (Phi) is 5.91. The lowest BCUT2D eigenvalue weighted by molar-refractivity contribution is 1.25. The Labute approximate surface area is 277 Å². The van der Waals surface area contributed by atoms with Gasteiger partial charge in [0.05, 0.1) is 11.4 Å². The maximum Gasteiger partial charge on any atom is 0.0886 e. The first-order valence-electron chi connectivity index (χ1n) is 16.4. The van der Waals surface area contributed by atoms with Crippen molar-refractivity contribution in [1.29, 1.82) is 0 Å². The first-order valence-corrected chi connectivity index (χ1v) is 16.4. The molecule has 0 amide bonds. The highest BCUT2D eigenvalue weighted by Crippen LogP contribution is 2.37. The Bertz CT molecular complexity index is 2870. The zero-order valence-electron chi connectivity index (χ0n) is 26.1. The fourth-order valence-electron chi connectivity index (χ4n) is 7.47. The Morgan fingerprint density at radius 3 is 1.29 bits per heavy atom. The van der Waals surface area contributed by atoms with Crippen LogP contribution < -0.4 is 0 Å². The number of hydrogen-bond acceptors (Lipinski definition) is 2. The molecule has 0 radical (unpaired) electrons. The lowest BCUT2D eigenvalue weighted by Crippen LogP contribution is -1.90. The number of rotatable bonds is 3. The highest BCUT2D eigenvalue weighted by Gasteiger charge is 2.11. The molecule has 48 heavy (non-hydrogen) atoms. The smallest absolute Gasteiger partial charge is 0.0886 e. The van der Waals surface area contributed by atoms with Crippen LogP contribution in [0, 0.1) is 0 Å². The summed E-state index contributed by atoms with van der Waals surface area (Å²) in [6.45, 7) is 0. The molecule has 0 atom stereocenters. The van der Waals surface area contributed by atoms with Crippen molar-refractivity contribution in [3.05, 3.63) is 170 Å². The number of fused-ring (bicyclic) bond motifs is 8. The topological polar surface area (TPSA) is 25.8 Å². The van der Waals surface area contributed by atoms with Gasteiger partial charge in [0.15, 0.2) is 0 Å². The van der Waals surface area contributed by atoms with Crippen molar-refractivity contribution in [2.45, 2.75) is 0 Å². The van der Waals surface area contributed by atoms with E-state index in [1.54, 1.807) is 0 Å². The number of aromatic nitrogens is 2. The lowest BCUT2D eigenvalue weighted by atomic mass is 9.94. The van der Waals surface area contributed by atoms with Crippen molar-refractivity contribution in [2.75, 3.05) is 0 Å². The summed E-state index contributed by atoms with van der Waals surface area (Å²) in [7, 11) is 0. The molecule has 0 spiro atoms. The van der Waals surface area contributed by atoms with Gasteiger partial charge in [-0.05, 0) is 112 Å². The predicted molar refractivity (Wildman–Crippen MR) is 203 cm³/mol. The maximum absolute atomic E-state index is 4.89. The molecule has 2 heteroatoms. The molecule has 222 valence electrons. The number of benzene rings is 8. The molecular formula is C46H28N2. The maximum atomic E-state index is 4.89. The van der Waals surface area contributed by atoms with Crippen molar-refractivity contribution in [3.8, 4) is 33.6 Å². The molecule has 2 nitrogen and oxygen atoms in total. The van der Waals surface area contributed by atoms with E-state index in [0.29, 0.717) is 0 Å². The Morgan fingerprint density at radius 1 is 0.271 bits per heavy atom. The van der Waals surface area contributed by atoms with E-state index >= 15 is 0 Å². The van der Waals surface area contributed by atoms with Gasteiger partial charge in [0.25, 0.3) is 0 Å². The quantitative estimate of drug-likeness (QED) is 0.147. The Morgan fingerprint density at radius 2 is 0.708 bits per heavy atom. The molecule has 0 aliphatic rings. The van der Waals surface area contributed by atoms with Gasteiger partial charge in [0.1, 0.15) is 0 Å². The first kappa shape index (κ1) is 26.8. The zero-order chi connectivity index (χ0) is 31.6. The largest absolute Gasteiger partial charge is 0.254 e. The van der Waals surface area contributed by atoms with E-state index in [0.717, 1.165) is 22.5 Å². The van der Waals surface area contributed by atoms with E-state index in [4.69, 9.17) is 9.97 Å². The third-order valence-corrected chi connectivity index (χ3v) is 9.90. The summed E-state index contributed by atoms with van der Waals surface area (Å²) in [6, 6.07) is 56.9. The van der Waals surface area contributed by atoms with E-state index < -0.39 is 0 Å². The molecule has 8 aromatic carbocycles. The molecule has 2 aromatic heterocycles. The number of pyridine rings is 2. The summed E-state index contributed by atoms with van der Waals surface area (Å²) in [6.07, 6.45) is 3.96. The van der Waals surface area contributed by atoms with Crippen LogP contribution in [0.25, 0.3) is 98.3 Å². The van der Waals surface area contributed by atoms with Gasteiger partial charge in [0.2, 0.25) is 0 Å². The van der Waals surface area contributed by atoms with Crippen LogP contribution in [0.15, 0.2) is 170 Å². The molecule has 0 aliphatic carbocycles. The van der Waals surface area contributed by atoms with Crippen LogP contribution in [0.3, 0.4) is 0 Å². The van der Waals surface area contributed by atoms with Crippen molar-refractivity contribution in [3.63, 3.8) is 0 Å². The van der Waals surface area contributed by atoms with Gasteiger partial charge in [-0.25, -0.2) is 0 Å². The fourth-order valence-corrected chi connectivity index (χ4v) is 7.47. The Hall–Kier alpha value is -6.38. The average molecular weight is 609 g/mol. The average Bonchev–Trinajstić information content (AvgIpc) is 3.16. The molecule has 0 saturated heterocycles. The van der Waals surface area contributed by atoms with E-state index in [1.165, 1.54) is 75.8 Å². The molecule has 0 N–H and O–H groups in total. The third kappa shape index (κ3) is 4.27. The van der Waals surface area contributed by atoms with Gasteiger partial charge in [-0.15, -0.1) is 0 Å². The second-order valence-corrected chi connectivity index (χ2v) is 12.6. The van der Waals surface area contributed by atoms with E-state index in [2.05, 4.69) is 158 Å². The third-order valence-electron chi connectivity index (χ3n) is 9.90. The van der Waals surface area contributed by atoms with Crippen molar-refractivity contribution in [1.82, 2.24) is 9.97 Å². The molecular weight excluding hydrogens is 581 g/mol. The molecule has 0 fully saturated rings. The zero-order valence-corrected chi connectivity index (χ0v) is 26.1. The minimum atomic E-state index is 0.859. The monoisotopic (exact) mass is 608 g/mol. The molecule has 0 unspecified atom stereocenters. The summed E-state index contributed by atoms with van der Waals surface area (Å²) < 4.78 is 0. The minimum Gasteiger partial charge on any atom is -0.254 e. The summed E-state index contributed by atoms with van der Waals surface area (Å²) >= 11 is 0. The standard InChI is InChI=1S/C46H28N2/c1-3-11-37-29(7-1)16-18-34-25-41-32(24-42(34)37)10-6-13-39(41)35-19-21-45(47-27-35)46-22-20-36(28-48-46)40-14-5-9-31-23-33-17-15-30-8-2-4-12-38(30)44(33)26-43(31)40/h1-28H. The van der Waals surface area contributed by atoms with Gasteiger partial charge < -0.3 is 0 Å². The van der Waals surface area contributed by atoms with Gasteiger partial charge in [-0.3, -0.25) is 9.97 Å². The highest BCUT2D eigenvalue weighted by molar-refractivity contribution is 6.15. The second kappa shape index (κ2) is 10.6. The van der Waals surface area contributed by atoms with E-state index in [1.807, 2.05) is 12.4 Å². The van der Waals surface area contributed by atoms with Gasteiger partial charge in [-0.1, -0.05) is 121 Å². The van der Waals surface area contributed by atoms with Crippen LogP contribution in [0.1, 0.15) is 0 Å². The summed E-state index contributed by atoms with van der Waals surface area (Å²) in [4.78, 5) is 9.78. The Balaban J connectivity index is 1.00. The number of nitrogens with zero attached hydrogens (tertiary/aromatic N) is 2. The van der Waals surface area contributed by atoms with Crippen molar-refractivity contribution < 1.29 is 0 Å². The van der Waals surface area contributed by atoms with Crippen LogP contribution in [-0.4, -0.2) is 9.97 Å². The van der Waals surface area contributed by atoms with Crippen LogP contribution in [0.5, 0.6) is 0 Å². The van der Waals surface area contributed by atoms with Crippen LogP contribution in [-0.2, 0) is 0 Å². The van der Waals surface area contributed by atoms with Crippen molar-refractivity contribution in [2.24, 2.45) is 0 Å². The molecule has 0 bridgehead atoms. The first-order chi connectivity index (χ1) is 23.8. The molecule has 0 aliphatic heterocycles. The molecule has 10 rings (SSSR count).